The normalized spacial score (nSPS) is 14.3. The van der Waals surface area contributed by atoms with Crippen LogP contribution in [0.1, 0.15) is 71.6 Å². The molecule has 0 atom stereocenters. The van der Waals surface area contributed by atoms with Gasteiger partial charge in [-0.05, 0) is 126 Å². The number of carbonyl (C=O) groups excluding carboxylic acids is 2. The van der Waals surface area contributed by atoms with Gasteiger partial charge in [-0.2, -0.15) is 26.3 Å². The van der Waals surface area contributed by atoms with E-state index < -0.39 is 46.0 Å². The van der Waals surface area contributed by atoms with Crippen LogP contribution in [-0.4, -0.2) is 99.6 Å². The molecule has 2 aromatic carbocycles. The number of rotatable bonds is 14. The molecular weight excluding hydrogens is 947 g/mol. The smallest absolute Gasteiger partial charge is 0.404 e. The number of ether oxygens (including phenoxy) is 4. The molecule has 0 saturated heterocycles. The van der Waals surface area contributed by atoms with Crippen molar-refractivity contribution in [3.05, 3.63) is 103 Å². The maximum absolute atomic E-state index is 13.3. The van der Waals surface area contributed by atoms with E-state index in [4.69, 9.17) is 45.1 Å². The lowest BCUT2D eigenvalue weighted by atomic mass is 9.95. The highest BCUT2D eigenvalue weighted by Gasteiger charge is 2.69. The van der Waals surface area contributed by atoms with Crippen LogP contribution in [-0.2, 0) is 34.1 Å². The van der Waals surface area contributed by atoms with Gasteiger partial charge in [0, 0.05) is 47.8 Å². The van der Waals surface area contributed by atoms with Crippen molar-refractivity contribution in [1.82, 2.24) is 19.9 Å². The van der Waals surface area contributed by atoms with Crippen molar-refractivity contribution in [2.24, 2.45) is 22.0 Å². The average molecular weight is 1000 g/mol. The van der Waals surface area contributed by atoms with E-state index in [1.54, 1.807) is 70.4 Å². The van der Waals surface area contributed by atoms with Crippen LogP contribution in [0.5, 0.6) is 11.5 Å². The van der Waals surface area contributed by atoms with E-state index in [1.165, 1.54) is 20.4 Å². The summed E-state index contributed by atoms with van der Waals surface area (Å²) in [5, 5.41) is 22.9. The lowest BCUT2D eigenvalue weighted by Gasteiger charge is -2.21. The summed E-state index contributed by atoms with van der Waals surface area (Å²) in [7, 11) is 2.71. The number of nitrogens with zero attached hydrogens (tertiary/aromatic N) is 3. The standard InChI is InChI=1S/C24H24F3N3O3.C18H21N3O3.C5H5F3O2.C2H4O2/c1-22(2,21(31)32-3)14-33-17-7-4-15(5-8-17)18-9-6-16(12-28-18)20-29-13-19(30-20)23(10-11-23)24(25,26)27;1-18(2,17(22)23-3)11-24-14-7-4-12(5-8-14)15-9-6-13(10-21-15)16(19)20;6-5(7,8)4(1-2-4)3(9)10;1-2(3)4/h4-9,12-13H,10-11,14H2,1-3H3,(H,29,30);4-10H,11H2,1-3H3,(H3,19,20);1-2H2,(H,9,10);1H3,(H,3,4). The number of amidine groups is 1. The fourth-order valence-corrected chi connectivity index (χ4v) is 6.36. The van der Waals surface area contributed by atoms with Crippen molar-refractivity contribution in [3.63, 3.8) is 0 Å². The number of aromatic amines is 1. The van der Waals surface area contributed by atoms with Gasteiger partial charge in [0.05, 0.1) is 42.1 Å². The Morgan fingerprint density at radius 3 is 1.37 bits per heavy atom. The van der Waals surface area contributed by atoms with Crippen molar-refractivity contribution in [1.29, 1.82) is 5.41 Å². The van der Waals surface area contributed by atoms with Crippen molar-refractivity contribution in [2.45, 2.75) is 78.1 Å². The number of nitrogens with one attached hydrogen (secondary N) is 2. The molecule has 0 bridgehead atoms. The predicted octanol–water partition coefficient (Wildman–Crippen LogP) is 9.43. The maximum Gasteiger partial charge on any atom is 0.404 e. The highest BCUT2D eigenvalue weighted by Crippen LogP contribution is 2.59. The third-order valence-electron chi connectivity index (χ3n) is 11.2. The summed E-state index contributed by atoms with van der Waals surface area (Å²) in [4.78, 5) is 58.1. The molecule has 2 aliphatic carbocycles. The van der Waals surface area contributed by atoms with Crippen molar-refractivity contribution in [3.8, 4) is 45.4 Å². The second kappa shape index (κ2) is 22.5. The molecular formula is C49H54F6N6O10. The minimum atomic E-state index is -4.57. The quantitative estimate of drug-likeness (QED) is 0.0301. The Labute approximate surface area is 404 Å². The first-order valence-corrected chi connectivity index (χ1v) is 21.5. The first-order valence-electron chi connectivity index (χ1n) is 21.5. The molecule has 0 spiro atoms. The Balaban J connectivity index is 0.000000250. The van der Waals surface area contributed by atoms with Crippen molar-refractivity contribution >= 4 is 29.7 Å². The minimum Gasteiger partial charge on any atom is -0.492 e. The number of hydrogen-bond donors (Lipinski definition) is 5. The van der Waals surface area contributed by atoms with Gasteiger partial charge in [0.2, 0.25) is 0 Å². The molecule has 2 fully saturated rings. The number of H-pyrrole nitrogens is 1. The van der Waals surface area contributed by atoms with Gasteiger partial charge >= 0.3 is 30.3 Å². The molecule has 22 heteroatoms. The van der Waals surface area contributed by atoms with Crippen LogP contribution >= 0.6 is 0 Å². The third kappa shape index (κ3) is 14.5. The zero-order valence-electron chi connectivity index (χ0n) is 39.8. The second-order valence-corrected chi connectivity index (χ2v) is 17.8. The Morgan fingerprint density at radius 1 is 0.648 bits per heavy atom. The van der Waals surface area contributed by atoms with E-state index in [2.05, 4.69) is 19.9 Å². The molecule has 7 rings (SSSR count). The molecule has 382 valence electrons. The number of carboxylic acids is 2. The number of pyridine rings is 2. The first kappa shape index (κ1) is 56.1. The van der Waals surface area contributed by atoms with E-state index in [0.29, 0.717) is 34.1 Å². The number of carboxylic acid groups (broad SMARTS) is 2. The molecule has 0 radical (unpaired) electrons. The molecule has 3 heterocycles. The van der Waals surface area contributed by atoms with Gasteiger partial charge in [-0.1, -0.05) is 0 Å². The van der Waals surface area contributed by atoms with Gasteiger partial charge in [-0.15, -0.1) is 0 Å². The summed E-state index contributed by atoms with van der Waals surface area (Å²) in [6.07, 6.45) is -4.83. The van der Waals surface area contributed by atoms with Crippen LogP contribution in [0.4, 0.5) is 26.3 Å². The van der Waals surface area contributed by atoms with Crippen LogP contribution in [0.25, 0.3) is 33.9 Å². The number of carbonyl (C=O) groups is 4. The van der Waals surface area contributed by atoms with Gasteiger partial charge in [-0.25, -0.2) is 4.98 Å². The van der Waals surface area contributed by atoms with Crippen LogP contribution in [0, 0.1) is 21.7 Å². The number of aromatic nitrogens is 4. The lowest BCUT2D eigenvalue weighted by molar-refractivity contribution is -0.202. The van der Waals surface area contributed by atoms with E-state index in [-0.39, 0.29) is 62.4 Å². The number of hydrogen-bond acceptors (Lipinski definition) is 12. The maximum atomic E-state index is 13.3. The van der Waals surface area contributed by atoms with Crippen LogP contribution < -0.4 is 15.2 Å². The highest BCUT2D eigenvalue weighted by atomic mass is 19.4. The number of halogens is 6. The molecule has 71 heavy (non-hydrogen) atoms. The fourth-order valence-electron chi connectivity index (χ4n) is 6.36. The van der Waals surface area contributed by atoms with Gasteiger partial charge < -0.3 is 39.9 Å². The summed E-state index contributed by atoms with van der Waals surface area (Å²) in [5.74, 6) is -1.63. The zero-order chi connectivity index (χ0) is 53.2. The van der Waals surface area contributed by atoms with Gasteiger partial charge in [-0.3, -0.25) is 34.6 Å². The fraction of sp³-hybridized carbons (Fsp3) is 0.388. The van der Waals surface area contributed by atoms with Gasteiger partial charge in [0.25, 0.3) is 5.97 Å². The molecule has 5 aromatic rings. The SMILES string of the molecule is CC(=O)O.COC(=O)C(C)(C)COc1ccc(-c2ccc(-c3ncc(C4(C(F)(F)F)CC4)[nH]3)cn2)cc1.COC(=O)C(C)(C)COc1ccc(-c2ccc(C(=N)N)cn2)cc1.O=C(O)C1(C(F)(F)F)CC1. The summed E-state index contributed by atoms with van der Waals surface area (Å²) in [6.45, 7) is 8.52. The van der Waals surface area contributed by atoms with E-state index in [9.17, 15) is 40.7 Å². The Morgan fingerprint density at radius 2 is 1.07 bits per heavy atom. The van der Waals surface area contributed by atoms with Crippen molar-refractivity contribution < 1.29 is 74.7 Å². The van der Waals surface area contributed by atoms with Gasteiger partial charge in [0.15, 0.2) is 5.41 Å². The van der Waals surface area contributed by atoms with E-state index in [0.717, 1.165) is 23.7 Å². The highest BCUT2D eigenvalue weighted by molar-refractivity contribution is 5.94. The predicted molar refractivity (Wildman–Crippen MR) is 246 cm³/mol. The van der Waals surface area contributed by atoms with Crippen LogP contribution in [0.15, 0.2) is 91.4 Å². The number of benzene rings is 2. The Hall–Kier alpha value is -7.52. The molecule has 0 amide bonds. The summed E-state index contributed by atoms with van der Waals surface area (Å²) < 4.78 is 96.2. The largest absolute Gasteiger partial charge is 0.492 e. The zero-order valence-corrected chi connectivity index (χ0v) is 39.8. The third-order valence-corrected chi connectivity index (χ3v) is 11.2. The lowest BCUT2D eigenvalue weighted by Crippen LogP contribution is -2.32. The number of alkyl halides is 6. The topological polar surface area (TPSA) is 250 Å². The Kier molecular flexibility index (Phi) is 17.8. The van der Waals surface area contributed by atoms with E-state index in [1.807, 2.05) is 42.5 Å². The second-order valence-electron chi connectivity index (χ2n) is 17.8. The van der Waals surface area contributed by atoms with E-state index >= 15 is 0 Å². The molecule has 3 aromatic heterocycles. The first-order chi connectivity index (χ1) is 33.0. The number of aliphatic carboxylic acids is 2. The number of esters is 2. The number of nitrogen functional groups attached to an aromatic ring is 1. The molecule has 6 N–H and O–H groups in total. The minimum absolute atomic E-state index is 0.00832. The van der Waals surface area contributed by atoms with Gasteiger partial charge in [0.1, 0.15) is 41.8 Å². The summed E-state index contributed by atoms with van der Waals surface area (Å²) in [6, 6.07) is 21.8. The average Bonchev–Trinajstić information content (AvgIpc) is 4.27. The van der Waals surface area contributed by atoms with Crippen LogP contribution in [0.3, 0.4) is 0 Å². The summed E-state index contributed by atoms with van der Waals surface area (Å²) in [5.41, 5.74) is 4.28. The molecule has 16 nitrogen and oxygen atoms in total. The number of nitrogens with two attached hydrogens (primary N) is 1. The van der Waals surface area contributed by atoms with Crippen LogP contribution in [0.2, 0.25) is 0 Å². The summed E-state index contributed by atoms with van der Waals surface area (Å²) >= 11 is 0. The number of imidazole rings is 1. The molecule has 2 aliphatic rings. The number of methoxy groups -OCH3 is 2. The van der Waals surface area contributed by atoms with Crippen molar-refractivity contribution in [2.75, 3.05) is 27.4 Å². The monoisotopic (exact) mass is 1000 g/mol. The molecule has 2 saturated carbocycles. The molecule has 0 aliphatic heterocycles. The Bertz CT molecular complexity index is 2620. The molecule has 0 unspecified atom stereocenters.